The molecule has 2 rings (SSSR count). The van der Waals surface area contributed by atoms with Gasteiger partial charge in [0, 0.05) is 20.6 Å². The van der Waals surface area contributed by atoms with E-state index in [1.807, 2.05) is 17.5 Å². The number of hydrogen-bond acceptors (Lipinski definition) is 3. The van der Waals surface area contributed by atoms with Gasteiger partial charge in [-0.2, -0.15) is 5.26 Å². The SMILES string of the molecule is N#CSc1ccc(NC(=O)c2ccc(Br)cc2)cc1. The Kier molecular flexibility index (Phi) is 4.61. The molecule has 0 aliphatic rings. The van der Waals surface area contributed by atoms with Gasteiger partial charge < -0.3 is 5.32 Å². The maximum absolute atomic E-state index is 12.0. The molecule has 3 nitrogen and oxygen atoms in total. The van der Waals surface area contributed by atoms with E-state index in [1.165, 1.54) is 0 Å². The minimum atomic E-state index is -0.159. The van der Waals surface area contributed by atoms with Gasteiger partial charge in [-0.1, -0.05) is 15.9 Å². The van der Waals surface area contributed by atoms with Gasteiger partial charge in [0.1, 0.15) is 5.40 Å². The number of nitrogens with zero attached hydrogens (tertiary/aromatic N) is 1. The van der Waals surface area contributed by atoms with E-state index in [4.69, 9.17) is 5.26 Å². The predicted octanol–water partition coefficient (Wildman–Crippen LogP) is 4.27. The Bertz CT molecular complexity index is 617. The highest BCUT2D eigenvalue weighted by Crippen LogP contribution is 2.19. The lowest BCUT2D eigenvalue weighted by Crippen LogP contribution is -2.11. The fourth-order valence-electron chi connectivity index (χ4n) is 1.46. The molecule has 0 fully saturated rings. The van der Waals surface area contributed by atoms with Gasteiger partial charge in [-0.3, -0.25) is 4.79 Å². The summed E-state index contributed by atoms with van der Waals surface area (Å²) in [6, 6.07) is 14.3. The lowest BCUT2D eigenvalue weighted by atomic mass is 10.2. The van der Waals surface area contributed by atoms with Crippen LogP contribution in [0.2, 0.25) is 0 Å². The second kappa shape index (κ2) is 6.41. The lowest BCUT2D eigenvalue weighted by Gasteiger charge is -2.05. The number of thioether (sulfide) groups is 1. The zero-order valence-corrected chi connectivity index (χ0v) is 12.2. The second-order valence-corrected chi connectivity index (χ2v) is 5.45. The molecular formula is C14H9BrN2OS. The average molecular weight is 333 g/mol. The Morgan fingerprint density at radius 3 is 2.32 bits per heavy atom. The molecule has 0 spiro atoms. The molecule has 0 saturated heterocycles. The Morgan fingerprint density at radius 1 is 1.11 bits per heavy atom. The summed E-state index contributed by atoms with van der Waals surface area (Å²) in [6.45, 7) is 0. The molecule has 0 bridgehead atoms. The first kappa shape index (κ1) is 13.7. The predicted molar refractivity (Wildman–Crippen MR) is 80.0 cm³/mol. The summed E-state index contributed by atoms with van der Waals surface area (Å²) in [7, 11) is 0. The Morgan fingerprint density at radius 2 is 1.74 bits per heavy atom. The highest BCUT2D eigenvalue weighted by Gasteiger charge is 2.05. The van der Waals surface area contributed by atoms with E-state index >= 15 is 0 Å². The number of carbonyl (C=O) groups is 1. The maximum Gasteiger partial charge on any atom is 0.255 e. The minimum absolute atomic E-state index is 0.159. The summed E-state index contributed by atoms with van der Waals surface area (Å²) >= 11 is 4.41. The van der Waals surface area contributed by atoms with Crippen molar-refractivity contribution >= 4 is 39.3 Å². The molecule has 0 radical (unpaired) electrons. The lowest BCUT2D eigenvalue weighted by molar-refractivity contribution is 0.102. The van der Waals surface area contributed by atoms with Crippen LogP contribution < -0.4 is 5.32 Å². The third-order valence-electron chi connectivity index (χ3n) is 2.38. The molecule has 0 heterocycles. The molecule has 5 heteroatoms. The smallest absolute Gasteiger partial charge is 0.255 e. The second-order valence-electron chi connectivity index (χ2n) is 3.68. The van der Waals surface area contributed by atoms with Gasteiger partial charge in [0.05, 0.1) is 0 Å². The van der Waals surface area contributed by atoms with E-state index in [0.717, 1.165) is 21.1 Å². The number of hydrogen-bond donors (Lipinski definition) is 1. The third-order valence-corrected chi connectivity index (χ3v) is 3.51. The van der Waals surface area contributed by atoms with Gasteiger partial charge >= 0.3 is 0 Å². The number of nitrogens with one attached hydrogen (secondary N) is 1. The van der Waals surface area contributed by atoms with Gasteiger partial charge in [0.2, 0.25) is 0 Å². The first-order chi connectivity index (χ1) is 9.19. The number of halogens is 1. The molecular weight excluding hydrogens is 324 g/mol. The van der Waals surface area contributed by atoms with Crippen molar-refractivity contribution in [3.8, 4) is 5.40 Å². The molecule has 2 aromatic carbocycles. The van der Waals surface area contributed by atoms with Crippen LogP contribution in [0.1, 0.15) is 10.4 Å². The van der Waals surface area contributed by atoms with Crippen LogP contribution in [-0.2, 0) is 0 Å². The molecule has 0 atom stereocenters. The number of anilines is 1. The number of rotatable bonds is 3. The molecule has 0 saturated carbocycles. The van der Waals surface area contributed by atoms with Crippen LogP contribution >= 0.6 is 27.7 Å². The Balaban J connectivity index is 2.06. The van der Waals surface area contributed by atoms with Gasteiger partial charge in [0.15, 0.2) is 0 Å². The van der Waals surface area contributed by atoms with Crippen molar-refractivity contribution in [1.29, 1.82) is 5.26 Å². The first-order valence-corrected chi connectivity index (χ1v) is 7.03. The molecule has 2 aromatic rings. The Hall–Kier alpha value is -1.77. The monoisotopic (exact) mass is 332 g/mol. The largest absolute Gasteiger partial charge is 0.322 e. The quantitative estimate of drug-likeness (QED) is 0.674. The van der Waals surface area contributed by atoms with E-state index in [-0.39, 0.29) is 5.91 Å². The van der Waals surface area contributed by atoms with E-state index in [1.54, 1.807) is 36.4 Å². The topological polar surface area (TPSA) is 52.9 Å². The molecule has 0 aliphatic heterocycles. The molecule has 0 unspecified atom stereocenters. The molecule has 19 heavy (non-hydrogen) atoms. The van der Waals surface area contributed by atoms with Crippen molar-refractivity contribution in [3.63, 3.8) is 0 Å². The molecule has 0 aromatic heterocycles. The van der Waals surface area contributed by atoms with Crippen LogP contribution in [0.15, 0.2) is 57.9 Å². The van der Waals surface area contributed by atoms with Crippen LogP contribution in [0, 0.1) is 10.7 Å². The first-order valence-electron chi connectivity index (χ1n) is 5.42. The molecule has 1 amide bonds. The Labute approximate surface area is 123 Å². The number of amides is 1. The van der Waals surface area contributed by atoms with Crippen LogP contribution in [-0.4, -0.2) is 5.91 Å². The minimum Gasteiger partial charge on any atom is -0.322 e. The van der Waals surface area contributed by atoms with E-state index in [2.05, 4.69) is 21.2 Å². The van der Waals surface area contributed by atoms with Crippen molar-refractivity contribution < 1.29 is 4.79 Å². The van der Waals surface area contributed by atoms with Crippen LogP contribution in [0.3, 0.4) is 0 Å². The standard InChI is InChI=1S/C14H9BrN2OS/c15-11-3-1-10(2-4-11)14(18)17-12-5-7-13(8-6-12)19-9-16/h1-8H,(H,17,18). The molecule has 0 aliphatic carbocycles. The normalized spacial score (nSPS) is 9.68. The highest BCUT2D eigenvalue weighted by molar-refractivity contribution is 9.10. The molecule has 94 valence electrons. The van der Waals surface area contributed by atoms with Gasteiger partial charge in [-0.25, -0.2) is 0 Å². The third kappa shape index (κ3) is 3.85. The van der Waals surface area contributed by atoms with Crippen molar-refractivity contribution in [2.45, 2.75) is 4.90 Å². The van der Waals surface area contributed by atoms with Crippen molar-refractivity contribution in [1.82, 2.24) is 0 Å². The number of nitriles is 1. The van der Waals surface area contributed by atoms with Crippen molar-refractivity contribution in [2.75, 3.05) is 5.32 Å². The van der Waals surface area contributed by atoms with E-state index in [0.29, 0.717) is 11.3 Å². The summed E-state index contributed by atoms with van der Waals surface area (Å²) in [5.74, 6) is -0.159. The highest BCUT2D eigenvalue weighted by atomic mass is 79.9. The number of benzene rings is 2. The van der Waals surface area contributed by atoms with E-state index in [9.17, 15) is 4.79 Å². The summed E-state index contributed by atoms with van der Waals surface area (Å²) < 4.78 is 0.932. The fraction of sp³-hybridized carbons (Fsp3) is 0. The summed E-state index contributed by atoms with van der Waals surface area (Å²) in [5.41, 5.74) is 1.30. The van der Waals surface area contributed by atoms with Crippen LogP contribution in [0.25, 0.3) is 0 Å². The summed E-state index contributed by atoms with van der Waals surface area (Å²) in [4.78, 5) is 12.8. The summed E-state index contributed by atoms with van der Waals surface area (Å²) in [6.07, 6.45) is 0. The summed E-state index contributed by atoms with van der Waals surface area (Å²) in [5, 5.41) is 13.3. The molecule has 1 N–H and O–H groups in total. The average Bonchev–Trinajstić information content (AvgIpc) is 2.42. The van der Waals surface area contributed by atoms with Crippen LogP contribution in [0.4, 0.5) is 5.69 Å². The number of thiocyanates is 1. The van der Waals surface area contributed by atoms with E-state index < -0.39 is 0 Å². The van der Waals surface area contributed by atoms with Gasteiger partial charge in [-0.05, 0) is 60.3 Å². The zero-order chi connectivity index (χ0) is 13.7. The van der Waals surface area contributed by atoms with Gasteiger partial charge in [-0.15, -0.1) is 0 Å². The fourth-order valence-corrected chi connectivity index (χ4v) is 2.11. The maximum atomic E-state index is 12.0. The zero-order valence-electron chi connectivity index (χ0n) is 9.76. The number of carbonyl (C=O) groups excluding carboxylic acids is 1. The van der Waals surface area contributed by atoms with Gasteiger partial charge in [0.25, 0.3) is 5.91 Å². The van der Waals surface area contributed by atoms with Crippen molar-refractivity contribution in [3.05, 3.63) is 58.6 Å². The van der Waals surface area contributed by atoms with Crippen molar-refractivity contribution in [2.24, 2.45) is 0 Å². The van der Waals surface area contributed by atoms with Crippen LogP contribution in [0.5, 0.6) is 0 Å².